The van der Waals surface area contributed by atoms with Gasteiger partial charge < -0.3 is 16.0 Å². The van der Waals surface area contributed by atoms with Crippen LogP contribution in [0, 0.1) is 11.8 Å². The molecular weight excluding hydrogens is 302 g/mol. The predicted molar refractivity (Wildman–Crippen MR) is 94.8 cm³/mol. The number of nitrogens with zero attached hydrogens (tertiary/aromatic N) is 3. The lowest BCUT2D eigenvalue weighted by Gasteiger charge is -2.32. The maximum Gasteiger partial charge on any atom is 0.230 e. The lowest BCUT2D eigenvalue weighted by molar-refractivity contribution is -0.135. The van der Waals surface area contributed by atoms with Gasteiger partial charge in [0.1, 0.15) is 5.82 Å². The summed E-state index contributed by atoms with van der Waals surface area (Å²) in [6.45, 7) is 7.36. The average Bonchev–Trinajstić information content (AvgIpc) is 2.88. The number of nitrogens with one attached hydrogen (secondary N) is 1. The first-order chi connectivity index (χ1) is 11.5. The molecule has 6 nitrogen and oxygen atoms in total. The van der Waals surface area contributed by atoms with E-state index in [9.17, 15) is 4.79 Å². The minimum absolute atomic E-state index is 0.0703. The van der Waals surface area contributed by atoms with Crippen LogP contribution in [0.5, 0.6) is 0 Å². The molecule has 1 aliphatic heterocycles. The number of aryl methyl sites for hydroxylation is 1. The van der Waals surface area contributed by atoms with Gasteiger partial charge in [-0.15, -0.1) is 0 Å². The number of rotatable bonds is 2. The molecule has 1 aromatic rings. The first kappa shape index (κ1) is 16.8. The van der Waals surface area contributed by atoms with Gasteiger partial charge >= 0.3 is 0 Å². The monoisotopic (exact) mass is 329 g/mol. The summed E-state index contributed by atoms with van der Waals surface area (Å²) < 4.78 is 1.80. The quantitative estimate of drug-likeness (QED) is 0.873. The Morgan fingerprint density at radius 1 is 1.46 bits per heavy atom. The average molecular weight is 329 g/mol. The number of hydrogen-bond donors (Lipinski definition) is 2. The second-order valence-corrected chi connectivity index (χ2v) is 6.79. The van der Waals surface area contributed by atoms with E-state index in [0.717, 1.165) is 55.0 Å². The zero-order chi connectivity index (χ0) is 17.3. The van der Waals surface area contributed by atoms with Crippen LogP contribution in [-0.4, -0.2) is 27.1 Å². The van der Waals surface area contributed by atoms with E-state index in [1.165, 1.54) is 0 Å². The van der Waals surface area contributed by atoms with E-state index in [1.54, 1.807) is 4.68 Å². The molecule has 0 aromatic carbocycles. The minimum atomic E-state index is 0.0703. The molecule has 3 rings (SSSR count). The van der Waals surface area contributed by atoms with Gasteiger partial charge in [-0.1, -0.05) is 12.7 Å². The van der Waals surface area contributed by atoms with Gasteiger partial charge in [-0.3, -0.25) is 9.48 Å². The van der Waals surface area contributed by atoms with Gasteiger partial charge in [-0.2, -0.15) is 5.10 Å². The molecule has 1 aromatic heterocycles. The van der Waals surface area contributed by atoms with E-state index in [0.29, 0.717) is 12.5 Å². The van der Waals surface area contributed by atoms with E-state index < -0.39 is 0 Å². The molecule has 1 aliphatic carbocycles. The Morgan fingerprint density at radius 2 is 2.17 bits per heavy atom. The molecule has 24 heavy (non-hydrogen) atoms. The van der Waals surface area contributed by atoms with Crippen LogP contribution in [0.2, 0.25) is 0 Å². The molecule has 0 bridgehead atoms. The van der Waals surface area contributed by atoms with E-state index in [-0.39, 0.29) is 11.8 Å². The van der Waals surface area contributed by atoms with Crippen LogP contribution in [0.15, 0.2) is 30.2 Å². The minimum Gasteiger partial charge on any atom is -0.339 e. The molecule has 0 spiro atoms. The Bertz CT molecular complexity index is 667. The fourth-order valence-electron chi connectivity index (χ4n) is 3.69. The summed E-state index contributed by atoms with van der Waals surface area (Å²) in [7, 11) is 1.90. The number of nitrogens with two attached hydrogens (primary N) is 1. The highest BCUT2D eigenvalue weighted by Crippen LogP contribution is 2.34. The summed E-state index contributed by atoms with van der Waals surface area (Å²) in [6, 6.07) is 0. The van der Waals surface area contributed by atoms with E-state index in [2.05, 4.69) is 17.0 Å². The van der Waals surface area contributed by atoms with Gasteiger partial charge in [-0.05, 0) is 45.1 Å². The zero-order valence-electron chi connectivity index (χ0n) is 14.6. The number of hydrogen-bond acceptors (Lipinski definition) is 4. The first-order valence-electron chi connectivity index (χ1n) is 8.70. The standard InChI is InChI=1S/C18H27N5O/c1-4-16-12(2)23(11-15-10-20-22(3)17(15)21-16)18(24)14-7-5-13(9-19)6-8-14/h4,10,13-14,21H,2,5-9,11,19H2,1,3H3/b16-4+. The second-order valence-electron chi connectivity index (χ2n) is 6.79. The summed E-state index contributed by atoms with van der Waals surface area (Å²) in [6.07, 6.45) is 7.70. The first-order valence-corrected chi connectivity index (χ1v) is 8.70. The van der Waals surface area contributed by atoms with Gasteiger partial charge in [0.05, 0.1) is 24.1 Å². The van der Waals surface area contributed by atoms with Crippen molar-refractivity contribution in [3.63, 3.8) is 0 Å². The molecule has 0 unspecified atom stereocenters. The van der Waals surface area contributed by atoms with Crippen molar-refractivity contribution in [3.8, 4) is 0 Å². The Hall–Kier alpha value is -2.08. The van der Waals surface area contributed by atoms with Crippen LogP contribution in [-0.2, 0) is 18.4 Å². The summed E-state index contributed by atoms with van der Waals surface area (Å²) >= 11 is 0. The molecular formula is C18H27N5O. The molecule has 0 radical (unpaired) electrons. The fraction of sp³-hybridized carbons (Fsp3) is 0.556. The molecule has 6 heteroatoms. The van der Waals surface area contributed by atoms with Crippen molar-refractivity contribution < 1.29 is 4.79 Å². The molecule has 0 atom stereocenters. The van der Waals surface area contributed by atoms with Gasteiger partial charge in [0, 0.05) is 18.5 Å². The maximum absolute atomic E-state index is 13.1. The van der Waals surface area contributed by atoms with Crippen molar-refractivity contribution in [1.82, 2.24) is 14.7 Å². The number of allylic oxidation sites excluding steroid dienone is 1. The molecule has 2 aliphatic rings. The zero-order valence-corrected chi connectivity index (χ0v) is 14.6. The Kier molecular flexibility index (Phi) is 4.76. The van der Waals surface area contributed by atoms with Crippen LogP contribution in [0.3, 0.4) is 0 Å². The lowest BCUT2D eigenvalue weighted by atomic mass is 9.81. The SMILES string of the molecule is C=C1/C(=C\C)Nc2c(cnn2C)CN1C(=O)C1CCC(CN)CC1. The lowest BCUT2D eigenvalue weighted by Crippen LogP contribution is -2.37. The van der Waals surface area contributed by atoms with Crippen LogP contribution >= 0.6 is 0 Å². The molecule has 0 saturated heterocycles. The second kappa shape index (κ2) is 6.81. The molecule has 3 N–H and O–H groups in total. The number of aromatic nitrogens is 2. The number of amides is 1. The van der Waals surface area contributed by atoms with Gasteiger partial charge in [0.2, 0.25) is 5.91 Å². The van der Waals surface area contributed by atoms with Crippen LogP contribution in [0.4, 0.5) is 5.82 Å². The predicted octanol–water partition coefficient (Wildman–Crippen LogP) is 2.36. The van der Waals surface area contributed by atoms with E-state index in [1.807, 2.05) is 31.1 Å². The molecule has 1 fully saturated rings. The van der Waals surface area contributed by atoms with Gasteiger partial charge in [-0.25, -0.2) is 0 Å². The van der Waals surface area contributed by atoms with Gasteiger partial charge in [0.15, 0.2) is 0 Å². The normalized spacial score (nSPS) is 26.0. The molecule has 1 saturated carbocycles. The van der Waals surface area contributed by atoms with Crippen molar-refractivity contribution in [3.05, 3.63) is 35.8 Å². The highest BCUT2D eigenvalue weighted by molar-refractivity contribution is 5.82. The van der Waals surface area contributed by atoms with E-state index >= 15 is 0 Å². The molecule has 1 amide bonds. The smallest absolute Gasteiger partial charge is 0.230 e. The number of fused-ring (bicyclic) bond motifs is 1. The van der Waals surface area contributed by atoms with E-state index in [4.69, 9.17) is 5.73 Å². The topological polar surface area (TPSA) is 76.2 Å². The van der Waals surface area contributed by atoms with Crippen LogP contribution < -0.4 is 11.1 Å². The third-order valence-corrected chi connectivity index (χ3v) is 5.32. The van der Waals surface area contributed by atoms with Crippen molar-refractivity contribution in [2.24, 2.45) is 24.6 Å². The summed E-state index contributed by atoms with van der Waals surface area (Å²) in [5.74, 6) is 1.74. The van der Waals surface area contributed by atoms with Crippen LogP contribution in [0.25, 0.3) is 0 Å². The van der Waals surface area contributed by atoms with Crippen molar-refractivity contribution in [2.75, 3.05) is 11.9 Å². The van der Waals surface area contributed by atoms with Crippen molar-refractivity contribution in [1.29, 1.82) is 0 Å². The summed E-state index contributed by atoms with van der Waals surface area (Å²) in [4.78, 5) is 15.0. The largest absolute Gasteiger partial charge is 0.339 e. The van der Waals surface area contributed by atoms with Crippen molar-refractivity contribution in [2.45, 2.75) is 39.2 Å². The fourth-order valence-corrected chi connectivity index (χ4v) is 3.69. The van der Waals surface area contributed by atoms with Crippen LogP contribution in [0.1, 0.15) is 38.2 Å². The third-order valence-electron chi connectivity index (χ3n) is 5.32. The third kappa shape index (κ3) is 2.98. The van der Waals surface area contributed by atoms with Gasteiger partial charge in [0.25, 0.3) is 0 Å². The highest BCUT2D eigenvalue weighted by atomic mass is 16.2. The highest BCUT2D eigenvalue weighted by Gasteiger charge is 2.33. The summed E-state index contributed by atoms with van der Waals surface area (Å²) in [5, 5.41) is 7.67. The Labute approximate surface area is 143 Å². The number of anilines is 1. The Balaban J connectivity index is 1.83. The van der Waals surface area contributed by atoms with Crippen molar-refractivity contribution >= 4 is 11.7 Å². The maximum atomic E-state index is 13.1. The molecule has 130 valence electrons. The number of carbonyl (C=O) groups excluding carboxylic acids is 1. The summed E-state index contributed by atoms with van der Waals surface area (Å²) in [5.41, 5.74) is 8.38. The molecule has 2 heterocycles. The Morgan fingerprint density at radius 3 is 2.79 bits per heavy atom. The number of carbonyl (C=O) groups is 1.